The molecule has 0 unspecified atom stereocenters. The molecule has 0 bridgehead atoms. The zero-order valence-electron chi connectivity index (χ0n) is 14.6. The lowest BCUT2D eigenvalue weighted by atomic mass is 10.1. The number of benzene rings is 2. The van der Waals surface area contributed by atoms with Gasteiger partial charge >= 0.3 is 0 Å². The van der Waals surface area contributed by atoms with Crippen molar-refractivity contribution in [3.8, 4) is 22.9 Å². The van der Waals surface area contributed by atoms with Crippen LogP contribution in [0.25, 0.3) is 11.4 Å². The van der Waals surface area contributed by atoms with Gasteiger partial charge in [0.15, 0.2) is 11.5 Å². The van der Waals surface area contributed by atoms with Crippen molar-refractivity contribution in [2.75, 3.05) is 19.5 Å². The van der Waals surface area contributed by atoms with Crippen LogP contribution in [0.3, 0.4) is 0 Å². The number of hydrogen-bond donors (Lipinski definition) is 1. The first-order valence-corrected chi connectivity index (χ1v) is 7.84. The second-order valence-electron chi connectivity index (χ2n) is 5.58. The van der Waals surface area contributed by atoms with E-state index < -0.39 is 11.7 Å². The molecule has 0 aliphatic heterocycles. The van der Waals surface area contributed by atoms with Gasteiger partial charge in [-0.25, -0.2) is 9.37 Å². The summed E-state index contributed by atoms with van der Waals surface area (Å²) in [5, 5.41) is 2.70. The highest BCUT2D eigenvalue weighted by atomic mass is 19.1. The first-order valence-electron chi connectivity index (χ1n) is 7.84. The topological polar surface area (TPSA) is 65.4 Å². The molecule has 0 aliphatic rings. The minimum atomic E-state index is -0.694. The van der Waals surface area contributed by atoms with E-state index in [-0.39, 0.29) is 17.1 Å². The van der Waals surface area contributed by atoms with E-state index in [1.165, 1.54) is 20.3 Å². The van der Waals surface area contributed by atoms with Crippen LogP contribution in [0.5, 0.6) is 11.5 Å². The Bertz CT molecular complexity index is 953. The van der Waals surface area contributed by atoms with Crippen LogP contribution >= 0.6 is 0 Å². The van der Waals surface area contributed by atoms with Crippen LogP contribution in [0.15, 0.2) is 48.8 Å². The molecule has 6 nitrogen and oxygen atoms in total. The number of hydrogen-bond acceptors (Lipinski definition) is 4. The molecule has 3 rings (SSSR count). The van der Waals surface area contributed by atoms with Crippen molar-refractivity contribution in [1.82, 2.24) is 9.55 Å². The second kappa shape index (κ2) is 7.26. The Morgan fingerprint density at radius 3 is 2.54 bits per heavy atom. The molecule has 26 heavy (non-hydrogen) atoms. The predicted octanol–water partition coefficient (Wildman–Crippen LogP) is 3.50. The second-order valence-corrected chi connectivity index (χ2v) is 5.58. The van der Waals surface area contributed by atoms with Gasteiger partial charge in [-0.15, -0.1) is 0 Å². The fourth-order valence-corrected chi connectivity index (χ4v) is 2.61. The average Bonchev–Trinajstić information content (AvgIpc) is 3.07. The summed E-state index contributed by atoms with van der Waals surface area (Å²) in [6.45, 7) is 0. The molecule has 0 fully saturated rings. The monoisotopic (exact) mass is 355 g/mol. The molecular weight excluding hydrogens is 337 g/mol. The van der Waals surface area contributed by atoms with E-state index in [4.69, 9.17) is 9.47 Å². The Morgan fingerprint density at radius 1 is 1.15 bits per heavy atom. The van der Waals surface area contributed by atoms with Crippen molar-refractivity contribution in [3.05, 3.63) is 60.2 Å². The van der Waals surface area contributed by atoms with Crippen molar-refractivity contribution in [1.29, 1.82) is 0 Å². The number of anilines is 1. The first-order chi connectivity index (χ1) is 12.5. The Balaban J connectivity index is 1.88. The van der Waals surface area contributed by atoms with E-state index in [0.717, 1.165) is 17.5 Å². The molecule has 0 radical (unpaired) electrons. The number of aryl methyl sites for hydroxylation is 1. The summed E-state index contributed by atoms with van der Waals surface area (Å²) in [7, 11) is 4.71. The molecule has 1 aromatic heterocycles. The zero-order chi connectivity index (χ0) is 18.7. The highest BCUT2D eigenvalue weighted by Crippen LogP contribution is 2.30. The van der Waals surface area contributed by atoms with Crippen molar-refractivity contribution < 1.29 is 18.7 Å². The SMILES string of the molecule is COc1cc(F)c(C(=O)Nc2cccc(-c3nccn3C)c2)cc1OC. The van der Waals surface area contributed by atoms with Gasteiger partial charge in [-0.1, -0.05) is 12.1 Å². The number of nitrogens with zero attached hydrogens (tertiary/aromatic N) is 2. The number of halogens is 1. The van der Waals surface area contributed by atoms with E-state index >= 15 is 0 Å². The van der Waals surface area contributed by atoms with Gasteiger partial charge in [-0.2, -0.15) is 0 Å². The molecule has 1 N–H and O–H groups in total. The minimum absolute atomic E-state index is 0.134. The first kappa shape index (κ1) is 17.5. The number of carbonyl (C=O) groups is 1. The number of rotatable bonds is 5. The van der Waals surface area contributed by atoms with Gasteiger partial charge in [0.25, 0.3) is 5.91 Å². The fourth-order valence-electron chi connectivity index (χ4n) is 2.61. The molecule has 0 atom stereocenters. The molecule has 1 heterocycles. The molecule has 7 heteroatoms. The van der Waals surface area contributed by atoms with E-state index in [9.17, 15) is 9.18 Å². The quantitative estimate of drug-likeness (QED) is 0.761. The van der Waals surface area contributed by atoms with Gasteiger partial charge in [0, 0.05) is 36.8 Å². The molecule has 134 valence electrons. The number of amides is 1. The largest absolute Gasteiger partial charge is 0.493 e. The highest BCUT2D eigenvalue weighted by molar-refractivity contribution is 6.05. The number of nitrogens with one attached hydrogen (secondary N) is 1. The van der Waals surface area contributed by atoms with Gasteiger partial charge in [0.05, 0.1) is 19.8 Å². The third kappa shape index (κ3) is 3.37. The lowest BCUT2D eigenvalue weighted by Crippen LogP contribution is -2.14. The number of carbonyl (C=O) groups excluding carboxylic acids is 1. The van der Waals surface area contributed by atoms with Gasteiger partial charge in [0.1, 0.15) is 11.6 Å². The Kier molecular flexibility index (Phi) is 4.88. The molecule has 0 saturated carbocycles. The molecular formula is C19H18FN3O3. The normalized spacial score (nSPS) is 10.5. The molecule has 0 spiro atoms. The summed E-state index contributed by atoms with van der Waals surface area (Å²) in [5.41, 5.74) is 1.23. The lowest BCUT2D eigenvalue weighted by molar-refractivity contribution is 0.102. The van der Waals surface area contributed by atoms with Crippen LogP contribution in [-0.2, 0) is 7.05 Å². The standard InChI is InChI=1S/C19H18FN3O3/c1-23-8-7-21-18(23)12-5-4-6-13(9-12)22-19(24)14-10-16(25-2)17(26-3)11-15(14)20/h4-11H,1-3H3,(H,22,24). The number of imidazole rings is 1. The number of methoxy groups -OCH3 is 2. The molecule has 1 amide bonds. The predicted molar refractivity (Wildman–Crippen MR) is 96.1 cm³/mol. The zero-order valence-corrected chi connectivity index (χ0v) is 14.6. The third-order valence-corrected chi connectivity index (χ3v) is 3.92. The average molecular weight is 355 g/mol. The van der Waals surface area contributed by atoms with Crippen LogP contribution in [0, 0.1) is 5.82 Å². The molecule has 0 saturated heterocycles. The fraction of sp³-hybridized carbons (Fsp3) is 0.158. The maximum atomic E-state index is 14.3. The van der Waals surface area contributed by atoms with Crippen LogP contribution in [-0.4, -0.2) is 29.7 Å². The summed E-state index contributed by atoms with van der Waals surface area (Å²) in [4.78, 5) is 16.8. The summed E-state index contributed by atoms with van der Waals surface area (Å²) in [5.74, 6) is -0.0154. The summed E-state index contributed by atoms with van der Waals surface area (Å²) < 4.78 is 26.3. The summed E-state index contributed by atoms with van der Waals surface area (Å²) in [6, 6.07) is 9.62. The van der Waals surface area contributed by atoms with E-state index in [2.05, 4.69) is 10.3 Å². The van der Waals surface area contributed by atoms with Gasteiger partial charge in [0.2, 0.25) is 0 Å². The number of aromatic nitrogens is 2. The Hall–Kier alpha value is -3.35. The molecule has 0 aliphatic carbocycles. The van der Waals surface area contributed by atoms with Crippen LogP contribution in [0.2, 0.25) is 0 Å². The van der Waals surface area contributed by atoms with E-state index in [1.54, 1.807) is 24.4 Å². The Morgan fingerprint density at radius 2 is 1.88 bits per heavy atom. The van der Waals surface area contributed by atoms with Crippen LogP contribution in [0.1, 0.15) is 10.4 Å². The lowest BCUT2D eigenvalue weighted by Gasteiger charge is -2.12. The molecule has 2 aromatic carbocycles. The van der Waals surface area contributed by atoms with Crippen molar-refractivity contribution >= 4 is 11.6 Å². The molecule has 3 aromatic rings. The van der Waals surface area contributed by atoms with Crippen LogP contribution in [0.4, 0.5) is 10.1 Å². The third-order valence-electron chi connectivity index (χ3n) is 3.92. The van der Waals surface area contributed by atoms with Gasteiger partial charge in [-0.3, -0.25) is 4.79 Å². The maximum Gasteiger partial charge on any atom is 0.258 e. The summed E-state index contributed by atoms with van der Waals surface area (Å²) in [6.07, 6.45) is 3.53. The van der Waals surface area contributed by atoms with Crippen molar-refractivity contribution in [2.24, 2.45) is 7.05 Å². The summed E-state index contributed by atoms with van der Waals surface area (Å²) >= 11 is 0. The van der Waals surface area contributed by atoms with E-state index in [1.807, 2.05) is 23.9 Å². The van der Waals surface area contributed by atoms with Gasteiger partial charge < -0.3 is 19.4 Å². The maximum absolute atomic E-state index is 14.3. The van der Waals surface area contributed by atoms with E-state index in [0.29, 0.717) is 5.69 Å². The van der Waals surface area contributed by atoms with Crippen molar-refractivity contribution in [3.63, 3.8) is 0 Å². The Labute approximate surface area is 150 Å². The van der Waals surface area contributed by atoms with Crippen molar-refractivity contribution in [2.45, 2.75) is 0 Å². The smallest absolute Gasteiger partial charge is 0.258 e. The van der Waals surface area contributed by atoms with Crippen LogP contribution < -0.4 is 14.8 Å². The highest BCUT2D eigenvalue weighted by Gasteiger charge is 2.17. The number of ether oxygens (including phenoxy) is 2. The van der Waals surface area contributed by atoms with Gasteiger partial charge in [-0.05, 0) is 18.2 Å². The minimum Gasteiger partial charge on any atom is -0.493 e.